The minimum absolute atomic E-state index is 0. The van der Waals surface area contributed by atoms with Crippen molar-refractivity contribution in [1.82, 2.24) is 14.6 Å². The van der Waals surface area contributed by atoms with Crippen LogP contribution in [0.4, 0.5) is 5.13 Å². The monoisotopic (exact) mass is 480 g/mol. The molecule has 2 atom stereocenters. The number of rotatable bonds is 8. The molecule has 1 aliphatic heterocycles. The largest absolute Gasteiger partial charge is 1.00 e. The van der Waals surface area contributed by atoms with E-state index < -0.39 is 58.4 Å². The van der Waals surface area contributed by atoms with Gasteiger partial charge in [0.1, 0.15) is 11.7 Å². The Kier molecular flexibility index (Phi) is 10.9. The molecule has 15 nitrogen and oxygen atoms in total. The van der Waals surface area contributed by atoms with Crippen molar-refractivity contribution in [2.24, 2.45) is 10.9 Å². The molecule has 0 unspecified atom stereocenters. The van der Waals surface area contributed by atoms with Gasteiger partial charge in [0.25, 0.3) is 11.8 Å². The molecule has 0 saturated carbocycles. The van der Waals surface area contributed by atoms with Gasteiger partial charge in [0, 0.05) is 5.38 Å². The number of carbonyl (C=O) groups is 4. The van der Waals surface area contributed by atoms with Gasteiger partial charge in [0.2, 0.25) is 5.91 Å². The van der Waals surface area contributed by atoms with E-state index in [1.54, 1.807) is 0 Å². The summed E-state index contributed by atoms with van der Waals surface area (Å²) in [5, 5.41) is 16.9. The summed E-state index contributed by atoms with van der Waals surface area (Å²) in [6, 6.07) is -3.74. The molecule has 2 heterocycles. The minimum Gasteiger partial charge on any atom is -0.731 e. The standard InChI is InChI=1S/C11H12N6O9S2.2Na/c12-8(20)7-6(10(22)17(7)28(23,24)25)15-9(21)5(16-26-1-4(18)19)3-2-27-11(13)14-3;;/h2,6-7H,1H2,(H2,12,20)(H2,13,14)(H,15,21)(H,18,19)(H,23,24,25);;/q;2*+1/p-2/b16-5-;;/t6-,7-;;/m0../s1. The maximum absolute atomic E-state index is 12.4. The van der Waals surface area contributed by atoms with Crippen LogP contribution < -0.4 is 81.0 Å². The molecule has 2 rings (SSSR count). The van der Waals surface area contributed by atoms with Gasteiger partial charge in [0.05, 0.1) is 5.97 Å². The van der Waals surface area contributed by atoms with Crippen LogP contribution in [-0.2, 0) is 34.3 Å². The number of amides is 3. The number of primary amides is 1. The molecule has 1 aliphatic rings. The average molecular weight is 480 g/mol. The van der Waals surface area contributed by atoms with E-state index in [1.807, 2.05) is 5.32 Å². The van der Waals surface area contributed by atoms with Crippen LogP contribution in [0.5, 0.6) is 0 Å². The van der Waals surface area contributed by atoms with Crippen molar-refractivity contribution >= 4 is 56.2 Å². The van der Waals surface area contributed by atoms with E-state index in [0.29, 0.717) is 0 Å². The van der Waals surface area contributed by atoms with Crippen LogP contribution in [0, 0.1) is 0 Å². The molecule has 0 bridgehead atoms. The number of β-lactam (4-membered cyclic amide) rings is 1. The van der Waals surface area contributed by atoms with E-state index in [1.165, 1.54) is 5.38 Å². The molecule has 19 heteroatoms. The number of aromatic nitrogens is 1. The van der Waals surface area contributed by atoms with Gasteiger partial charge in [-0.25, -0.2) is 17.7 Å². The van der Waals surface area contributed by atoms with Gasteiger partial charge in [-0.1, -0.05) is 5.16 Å². The predicted molar refractivity (Wildman–Crippen MR) is 85.5 cm³/mol. The van der Waals surface area contributed by atoms with Crippen LogP contribution in [0.3, 0.4) is 0 Å². The van der Waals surface area contributed by atoms with Crippen LogP contribution in [0.25, 0.3) is 0 Å². The number of carbonyl (C=O) groups excluding carboxylic acids is 4. The maximum atomic E-state index is 12.4. The third kappa shape index (κ3) is 6.59. The van der Waals surface area contributed by atoms with Crippen molar-refractivity contribution in [3.63, 3.8) is 0 Å². The number of anilines is 1. The Hall–Kier alpha value is -1.31. The van der Waals surface area contributed by atoms with Crippen LogP contribution >= 0.6 is 11.3 Å². The van der Waals surface area contributed by atoms with E-state index >= 15 is 0 Å². The van der Waals surface area contributed by atoms with Crippen LogP contribution in [0.2, 0.25) is 0 Å². The number of carboxylic acids is 1. The summed E-state index contributed by atoms with van der Waals surface area (Å²) >= 11 is 0.890. The van der Waals surface area contributed by atoms with Gasteiger partial charge < -0.3 is 36.1 Å². The molecule has 0 spiro atoms. The number of carboxylic acid groups (broad SMARTS) is 1. The van der Waals surface area contributed by atoms with Crippen molar-refractivity contribution in [3.8, 4) is 0 Å². The first-order valence-corrected chi connectivity index (χ1v) is 9.18. The third-order valence-electron chi connectivity index (χ3n) is 3.19. The summed E-state index contributed by atoms with van der Waals surface area (Å²) < 4.78 is 32.8. The molecule has 1 fully saturated rings. The summed E-state index contributed by atoms with van der Waals surface area (Å²) in [7, 11) is -5.34. The topological polar surface area (TPSA) is 250 Å². The van der Waals surface area contributed by atoms with Gasteiger partial charge in [-0.3, -0.25) is 14.4 Å². The molecule has 0 aliphatic carbocycles. The van der Waals surface area contributed by atoms with Crippen molar-refractivity contribution in [1.29, 1.82) is 0 Å². The summed E-state index contributed by atoms with van der Waals surface area (Å²) in [5.74, 6) is -5.63. The van der Waals surface area contributed by atoms with Crippen molar-refractivity contribution in [3.05, 3.63) is 11.1 Å². The number of thiazole rings is 1. The zero-order valence-corrected chi connectivity index (χ0v) is 21.1. The number of nitrogen functional groups attached to an aromatic ring is 1. The second-order valence-corrected chi connectivity index (χ2v) is 7.18. The first kappa shape index (κ1) is 28.7. The zero-order valence-electron chi connectivity index (χ0n) is 15.4. The summed E-state index contributed by atoms with van der Waals surface area (Å²) in [4.78, 5) is 54.2. The van der Waals surface area contributed by atoms with Gasteiger partial charge in [0.15, 0.2) is 33.8 Å². The van der Waals surface area contributed by atoms with E-state index in [-0.39, 0.29) is 74.2 Å². The molecule has 30 heavy (non-hydrogen) atoms. The van der Waals surface area contributed by atoms with E-state index in [0.717, 1.165) is 11.3 Å². The minimum atomic E-state index is -5.34. The van der Waals surface area contributed by atoms with Crippen molar-refractivity contribution in [2.75, 3.05) is 12.3 Å². The second kappa shape index (κ2) is 11.3. The van der Waals surface area contributed by atoms with Crippen LogP contribution in [0.1, 0.15) is 5.69 Å². The van der Waals surface area contributed by atoms with E-state index in [2.05, 4.69) is 15.0 Å². The maximum Gasteiger partial charge on any atom is 1.00 e. The number of hydrogen-bond acceptors (Lipinski definition) is 13. The fourth-order valence-electron chi connectivity index (χ4n) is 2.09. The number of hydrogen-bond donors (Lipinski definition) is 3. The smallest absolute Gasteiger partial charge is 0.731 e. The van der Waals surface area contributed by atoms with Gasteiger partial charge in [-0.15, -0.1) is 11.3 Å². The Morgan fingerprint density at radius 1 is 1.37 bits per heavy atom. The number of nitrogens with one attached hydrogen (secondary N) is 1. The Morgan fingerprint density at radius 2 is 1.97 bits per heavy atom. The normalized spacial score (nSPS) is 18.4. The van der Waals surface area contributed by atoms with Crippen LogP contribution in [0.15, 0.2) is 10.5 Å². The number of nitrogens with two attached hydrogens (primary N) is 2. The molecule has 3 amide bonds. The molecule has 1 aromatic heterocycles. The Morgan fingerprint density at radius 3 is 2.40 bits per heavy atom. The van der Waals surface area contributed by atoms with Crippen molar-refractivity contribution < 1.29 is 101 Å². The Labute approximate surface area is 216 Å². The quantitative estimate of drug-likeness (QED) is 0.103. The molecule has 1 aromatic rings. The average Bonchev–Trinajstić information content (AvgIpc) is 2.97. The van der Waals surface area contributed by atoms with Gasteiger partial charge in [-0.2, -0.15) is 0 Å². The molecule has 0 aromatic carbocycles. The number of nitrogens with zero attached hydrogens (tertiary/aromatic N) is 3. The molecular formula is C11H10N6Na2O9S2. The summed E-state index contributed by atoms with van der Waals surface area (Å²) in [5.41, 5.74) is 9.59. The second-order valence-electron chi connectivity index (χ2n) is 5.05. The molecule has 152 valence electrons. The van der Waals surface area contributed by atoms with Gasteiger partial charge in [-0.05, 0) is 0 Å². The fourth-order valence-corrected chi connectivity index (χ4v) is 3.48. The first-order chi connectivity index (χ1) is 12.9. The van der Waals surface area contributed by atoms with Crippen molar-refractivity contribution in [2.45, 2.75) is 12.1 Å². The Balaban J connectivity index is 0.00000420. The summed E-state index contributed by atoms with van der Waals surface area (Å²) in [6.45, 7) is -1.02. The first-order valence-electron chi connectivity index (χ1n) is 6.94. The van der Waals surface area contributed by atoms with Gasteiger partial charge >= 0.3 is 59.1 Å². The third-order valence-corrected chi connectivity index (χ3v) is 4.75. The van der Waals surface area contributed by atoms with Crippen LogP contribution in [-0.4, -0.2) is 70.4 Å². The molecule has 1 saturated heterocycles. The SMILES string of the molecule is NC(=O)[C@@H]1[C@H](NC(=O)/C(=N\OCC(=O)[O-])c2csc(N)n2)C(=O)N1S(=O)(=O)[O-].[Na+].[Na+]. The zero-order chi connectivity index (χ0) is 21.2. The summed E-state index contributed by atoms with van der Waals surface area (Å²) in [6.07, 6.45) is 0. The molecule has 5 N–H and O–H groups in total. The fraction of sp³-hybridized carbons (Fsp3) is 0.273. The number of aliphatic carboxylic acids is 1. The molecule has 0 radical (unpaired) electrons. The van der Waals surface area contributed by atoms with E-state index in [4.69, 9.17) is 11.5 Å². The molecular weight excluding hydrogens is 470 g/mol. The number of oxime groups is 1. The predicted octanol–water partition coefficient (Wildman–Crippen LogP) is -11.2. The van der Waals surface area contributed by atoms with E-state index in [9.17, 15) is 37.3 Å². The Bertz CT molecular complexity index is 982.